The average molecular weight is 300 g/mol. The quantitative estimate of drug-likeness (QED) is 0.761. The molecule has 1 aromatic heterocycles. The second kappa shape index (κ2) is 4.54. The van der Waals surface area contributed by atoms with Crippen molar-refractivity contribution >= 4 is 10.0 Å². The molecule has 3 N–H and O–H groups in total. The molecular weight excluding hydrogens is 276 g/mol. The lowest BCUT2D eigenvalue weighted by atomic mass is 10.0. The predicted octanol–water partition coefficient (Wildman–Crippen LogP) is 1.15. The van der Waals surface area contributed by atoms with Crippen molar-refractivity contribution in [2.75, 3.05) is 7.05 Å². The van der Waals surface area contributed by atoms with Crippen LogP contribution in [-0.2, 0) is 16.6 Å². The Morgan fingerprint density at radius 2 is 1.80 bits per heavy atom. The van der Waals surface area contributed by atoms with Gasteiger partial charge in [0.1, 0.15) is 0 Å². The summed E-state index contributed by atoms with van der Waals surface area (Å²) in [6.45, 7) is 10.6. The number of hydrogen-bond donors (Lipinski definition) is 3. The van der Waals surface area contributed by atoms with E-state index < -0.39 is 10.0 Å². The molecule has 0 unspecified atom stereocenters. The minimum atomic E-state index is -3.60. The summed E-state index contributed by atoms with van der Waals surface area (Å²) in [4.78, 5) is 0. The molecule has 1 aromatic rings. The molecule has 0 bridgehead atoms. The van der Waals surface area contributed by atoms with Crippen LogP contribution >= 0.6 is 0 Å². The van der Waals surface area contributed by atoms with E-state index in [1.165, 1.54) is 0 Å². The van der Waals surface area contributed by atoms with Crippen molar-refractivity contribution in [1.82, 2.24) is 20.2 Å². The fourth-order valence-corrected chi connectivity index (χ4v) is 4.47. The Bertz CT molecular complexity index is 602. The van der Waals surface area contributed by atoms with Gasteiger partial charge in [-0.2, -0.15) is 5.10 Å². The zero-order valence-corrected chi connectivity index (χ0v) is 13.8. The summed E-state index contributed by atoms with van der Waals surface area (Å²) in [5, 5.41) is 9.79. The van der Waals surface area contributed by atoms with Gasteiger partial charge >= 0.3 is 0 Å². The van der Waals surface area contributed by atoms with E-state index in [4.69, 9.17) is 0 Å². The van der Waals surface area contributed by atoms with Gasteiger partial charge in [-0.25, -0.2) is 13.1 Å². The van der Waals surface area contributed by atoms with Crippen LogP contribution in [0.25, 0.3) is 0 Å². The fraction of sp³-hybridized carbons (Fsp3) is 0.769. The summed E-state index contributed by atoms with van der Waals surface area (Å²) in [7, 11) is -1.82. The highest BCUT2D eigenvalue weighted by atomic mass is 32.2. The molecule has 114 valence electrons. The van der Waals surface area contributed by atoms with Gasteiger partial charge in [0.05, 0.1) is 0 Å². The maximum Gasteiger partial charge on any atom is 0.260 e. The van der Waals surface area contributed by atoms with Gasteiger partial charge < -0.3 is 5.32 Å². The molecule has 1 aliphatic rings. The maximum absolute atomic E-state index is 12.5. The molecule has 1 heterocycles. The third kappa shape index (κ3) is 2.17. The van der Waals surface area contributed by atoms with E-state index in [1.807, 2.05) is 6.92 Å². The van der Waals surface area contributed by atoms with Crippen LogP contribution in [-0.4, -0.2) is 31.7 Å². The van der Waals surface area contributed by atoms with E-state index in [-0.39, 0.29) is 21.9 Å². The van der Waals surface area contributed by atoms with Crippen molar-refractivity contribution in [3.8, 4) is 0 Å². The normalized spacial score (nSPS) is 21.1. The molecule has 1 saturated carbocycles. The van der Waals surface area contributed by atoms with Gasteiger partial charge in [-0.1, -0.05) is 27.7 Å². The van der Waals surface area contributed by atoms with E-state index in [9.17, 15) is 8.42 Å². The van der Waals surface area contributed by atoms with E-state index in [1.54, 1.807) is 7.05 Å². The van der Waals surface area contributed by atoms with Crippen molar-refractivity contribution in [2.45, 2.75) is 52.2 Å². The van der Waals surface area contributed by atoms with Crippen molar-refractivity contribution in [2.24, 2.45) is 10.8 Å². The Morgan fingerprint density at radius 3 is 2.25 bits per heavy atom. The van der Waals surface area contributed by atoms with E-state index in [0.29, 0.717) is 12.1 Å². The summed E-state index contributed by atoms with van der Waals surface area (Å²) in [5.74, 6) is 0. The number of hydrogen-bond acceptors (Lipinski definition) is 4. The van der Waals surface area contributed by atoms with E-state index in [2.05, 4.69) is 47.9 Å². The second-order valence-electron chi connectivity index (χ2n) is 6.66. The lowest BCUT2D eigenvalue weighted by Crippen LogP contribution is -2.31. The molecule has 2 rings (SSSR count). The Labute approximate surface area is 120 Å². The van der Waals surface area contributed by atoms with Crippen molar-refractivity contribution in [1.29, 1.82) is 0 Å². The Kier molecular flexibility index (Phi) is 3.51. The highest BCUT2D eigenvalue weighted by Crippen LogP contribution is 2.62. The molecule has 6 nitrogen and oxygen atoms in total. The zero-order valence-electron chi connectivity index (χ0n) is 13.0. The van der Waals surface area contributed by atoms with Crippen molar-refractivity contribution in [3.05, 3.63) is 11.3 Å². The molecule has 1 fully saturated rings. The molecule has 0 aromatic carbocycles. The second-order valence-corrected chi connectivity index (χ2v) is 8.29. The van der Waals surface area contributed by atoms with Crippen LogP contribution in [0.1, 0.15) is 39.0 Å². The molecule has 0 atom stereocenters. The molecule has 0 radical (unpaired) electrons. The van der Waals surface area contributed by atoms with Crippen LogP contribution < -0.4 is 10.0 Å². The highest BCUT2D eigenvalue weighted by Gasteiger charge is 2.66. The Balaban J connectivity index is 2.29. The molecular formula is C13H24N4O2S. The molecule has 1 aliphatic carbocycles. The molecule has 7 heteroatoms. The maximum atomic E-state index is 12.5. The number of aromatic amines is 1. The first kappa shape index (κ1) is 15.5. The first-order valence-corrected chi connectivity index (χ1v) is 8.25. The molecule has 0 amide bonds. The predicted molar refractivity (Wildman–Crippen MR) is 77.8 cm³/mol. The lowest BCUT2D eigenvalue weighted by molar-refractivity contribution is 0.457. The monoisotopic (exact) mass is 300 g/mol. The lowest BCUT2D eigenvalue weighted by Gasteiger charge is -2.08. The SMILES string of the molecule is CNCc1c(S(=O)(=O)NC2C(C)(C)C2(C)C)n[nH]c1C. The number of nitrogens with one attached hydrogen (secondary N) is 3. The van der Waals surface area contributed by atoms with Gasteiger partial charge in [-0.15, -0.1) is 0 Å². The average Bonchev–Trinajstić information content (AvgIpc) is 2.65. The summed E-state index contributed by atoms with van der Waals surface area (Å²) < 4.78 is 27.9. The minimum Gasteiger partial charge on any atom is -0.316 e. The van der Waals surface area contributed by atoms with Crippen molar-refractivity contribution in [3.63, 3.8) is 0 Å². The van der Waals surface area contributed by atoms with Gasteiger partial charge in [-0.05, 0) is 24.8 Å². The third-order valence-electron chi connectivity index (χ3n) is 4.94. The number of nitrogens with zero attached hydrogens (tertiary/aromatic N) is 1. The first-order chi connectivity index (χ1) is 9.05. The molecule has 20 heavy (non-hydrogen) atoms. The molecule has 0 spiro atoms. The highest BCUT2D eigenvalue weighted by molar-refractivity contribution is 7.89. The first-order valence-electron chi connectivity index (χ1n) is 6.76. The van der Waals surface area contributed by atoms with Gasteiger partial charge in [0.2, 0.25) is 0 Å². The smallest absolute Gasteiger partial charge is 0.260 e. The van der Waals surface area contributed by atoms with Crippen LogP contribution in [0, 0.1) is 17.8 Å². The van der Waals surface area contributed by atoms with E-state index in [0.717, 1.165) is 5.69 Å². The van der Waals surface area contributed by atoms with Crippen LogP contribution in [0.3, 0.4) is 0 Å². The van der Waals surface area contributed by atoms with Crippen LogP contribution in [0.4, 0.5) is 0 Å². The van der Waals surface area contributed by atoms with Gasteiger partial charge in [0.25, 0.3) is 10.0 Å². The minimum absolute atomic E-state index is 0.0470. The zero-order chi connectivity index (χ0) is 15.3. The molecule has 0 aliphatic heterocycles. The van der Waals surface area contributed by atoms with Gasteiger partial charge in [0, 0.05) is 23.8 Å². The Hall–Kier alpha value is -0.920. The number of aryl methyl sites for hydroxylation is 1. The summed E-state index contributed by atoms with van der Waals surface area (Å²) >= 11 is 0. The van der Waals surface area contributed by atoms with Gasteiger partial charge in [-0.3, -0.25) is 5.10 Å². The number of sulfonamides is 1. The Morgan fingerprint density at radius 1 is 1.25 bits per heavy atom. The van der Waals surface area contributed by atoms with Gasteiger partial charge in [0.15, 0.2) is 5.03 Å². The topological polar surface area (TPSA) is 86.9 Å². The third-order valence-corrected chi connectivity index (χ3v) is 6.33. The summed E-state index contributed by atoms with van der Waals surface area (Å²) in [5.41, 5.74) is 1.37. The largest absolute Gasteiger partial charge is 0.316 e. The van der Waals surface area contributed by atoms with E-state index >= 15 is 0 Å². The van der Waals surface area contributed by atoms with Crippen LogP contribution in [0.2, 0.25) is 0 Å². The van der Waals surface area contributed by atoms with Crippen molar-refractivity contribution < 1.29 is 8.42 Å². The number of rotatable bonds is 5. The number of H-pyrrole nitrogens is 1. The summed E-state index contributed by atoms with van der Waals surface area (Å²) in [6, 6.07) is -0.0700. The standard InChI is InChI=1S/C13H24N4O2S/c1-8-9(7-14-6)10(16-15-8)20(18,19)17-11-12(2,3)13(11,4)5/h11,14,17H,7H2,1-6H3,(H,15,16). The fourth-order valence-electron chi connectivity index (χ4n) is 2.74. The summed E-state index contributed by atoms with van der Waals surface area (Å²) in [6.07, 6.45) is 0. The van der Waals surface area contributed by atoms with Crippen LogP contribution in [0.15, 0.2) is 5.03 Å². The molecule has 0 saturated heterocycles. The number of aromatic nitrogens is 2. The van der Waals surface area contributed by atoms with Crippen LogP contribution in [0.5, 0.6) is 0 Å².